The molecule has 7 heteroatoms. The molecule has 0 aliphatic carbocycles. The van der Waals surface area contributed by atoms with E-state index in [1.54, 1.807) is 26.0 Å². The maximum absolute atomic E-state index is 13.7. The standard InChI is InChI=1S/C12H13BrFN5/c1-6-11(16-7(2)17-12(6)19-15)18-10-5-8(13)3-4-9(10)14/h3-5H,15H2,1-2H3,(H2,16,17,18,19). The van der Waals surface area contributed by atoms with Crippen molar-refractivity contribution in [2.24, 2.45) is 5.84 Å². The van der Waals surface area contributed by atoms with Gasteiger partial charge >= 0.3 is 0 Å². The topological polar surface area (TPSA) is 75.9 Å². The molecule has 4 N–H and O–H groups in total. The number of nitrogens with one attached hydrogen (secondary N) is 2. The van der Waals surface area contributed by atoms with Gasteiger partial charge in [-0.15, -0.1) is 0 Å². The SMILES string of the molecule is Cc1nc(NN)c(C)c(Nc2cc(Br)ccc2F)n1. The predicted molar refractivity (Wildman–Crippen MR) is 76.7 cm³/mol. The molecule has 2 aromatic rings. The average molecular weight is 326 g/mol. The number of aryl methyl sites for hydroxylation is 1. The number of halogens is 2. The van der Waals surface area contributed by atoms with Gasteiger partial charge < -0.3 is 10.7 Å². The van der Waals surface area contributed by atoms with Gasteiger partial charge in [-0.2, -0.15) is 0 Å². The molecule has 5 nitrogen and oxygen atoms in total. The van der Waals surface area contributed by atoms with Crippen molar-refractivity contribution in [3.63, 3.8) is 0 Å². The van der Waals surface area contributed by atoms with Gasteiger partial charge in [-0.25, -0.2) is 20.2 Å². The van der Waals surface area contributed by atoms with Crippen LogP contribution in [0.4, 0.5) is 21.7 Å². The fourth-order valence-corrected chi connectivity index (χ4v) is 1.97. The number of benzene rings is 1. The van der Waals surface area contributed by atoms with E-state index in [-0.39, 0.29) is 5.82 Å². The highest BCUT2D eigenvalue weighted by molar-refractivity contribution is 9.10. The largest absolute Gasteiger partial charge is 0.337 e. The molecular formula is C12H13BrFN5. The Labute approximate surface area is 118 Å². The predicted octanol–water partition coefficient (Wildman–Crippen LogP) is 3.02. The van der Waals surface area contributed by atoms with E-state index < -0.39 is 0 Å². The highest BCUT2D eigenvalue weighted by Crippen LogP contribution is 2.26. The van der Waals surface area contributed by atoms with E-state index in [1.165, 1.54) is 6.07 Å². The van der Waals surface area contributed by atoms with Crippen molar-refractivity contribution in [1.82, 2.24) is 9.97 Å². The van der Waals surface area contributed by atoms with Gasteiger partial charge in [0.25, 0.3) is 0 Å². The minimum atomic E-state index is -0.360. The van der Waals surface area contributed by atoms with Gasteiger partial charge in [-0.05, 0) is 32.0 Å². The lowest BCUT2D eigenvalue weighted by molar-refractivity contribution is 0.631. The molecule has 0 unspecified atom stereocenters. The summed E-state index contributed by atoms with van der Waals surface area (Å²) < 4.78 is 14.5. The Balaban J connectivity index is 2.43. The van der Waals surface area contributed by atoms with Crippen molar-refractivity contribution in [3.8, 4) is 0 Å². The first-order valence-corrected chi connectivity index (χ1v) is 6.34. The molecule has 0 bridgehead atoms. The summed E-state index contributed by atoms with van der Waals surface area (Å²) in [5, 5.41) is 2.95. The van der Waals surface area contributed by atoms with Gasteiger partial charge in [0.2, 0.25) is 0 Å². The van der Waals surface area contributed by atoms with Crippen LogP contribution in [0.25, 0.3) is 0 Å². The monoisotopic (exact) mass is 325 g/mol. The number of hydrazine groups is 1. The summed E-state index contributed by atoms with van der Waals surface area (Å²) in [6, 6.07) is 4.64. The molecule has 0 aliphatic heterocycles. The third-order valence-electron chi connectivity index (χ3n) is 2.58. The van der Waals surface area contributed by atoms with Gasteiger partial charge in [0, 0.05) is 10.0 Å². The van der Waals surface area contributed by atoms with Crippen LogP contribution in [0.5, 0.6) is 0 Å². The molecule has 1 heterocycles. The van der Waals surface area contributed by atoms with Crippen molar-refractivity contribution in [1.29, 1.82) is 0 Å². The number of hydrogen-bond acceptors (Lipinski definition) is 5. The Morgan fingerprint density at radius 2 is 1.89 bits per heavy atom. The number of nitrogens with zero attached hydrogens (tertiary/aromatic N) is 2. The highest BCUT2D eigenvalue weighted by atomic mass is 79.9. The van der Waals surface area contributed by atoms with Crippen LogP contribution in [0, 0.1) is 19.7 Å². The minimum Gasteiger partial charge on any atom is -0.337 e. The molecule has 19 heavy (non-hydrogen) atoms. The van der Waals surface area contributed by atoms with E-state index in [2.05, 4.69) is 36.6 Å². The summed E-state index contributed by atoms with van der Waals surface area (Å²) >= 11 is 3.30. The van der Waals surface area contributed by atoms with E-state index in [9.17, 15) is 4.39 Å². The summed E-state index contributed by atoms with van der Waals surface area (Å²) in [5.41, 5.74) is 3.54. The molecule has 0 amide bonds. The smallest absolute Gasteiger partial charge is 0.148 e. The zero-order valence-electron chi connectivity index (χ0n) is 10.5. The van der Waals surface area contributed by atoms with Gasteiger partial charge in [-0.3, -0.25) is 0 Å². The number of rotatable bonds is 3. The van der Waals surface area contributed by atoms with Crippen LogP contribution < -0.4 is 16.6 Å². The van der Waals surface area contributed by atoms with Crippen LogP contribution in [0.1, 0.15) is 11.4 Å². The summed E-state index contributed by atoms with van der Waals surface area (Å²) in [5.74, 6) is 6.58. The van der Waals surface area contributed by atoms with Gasteiger partial charge in [-0.1, -0.05) is 15.9 Å². The maximum atomic E-state index is 13.7. The first-order chi connectivity index (χ1) is 9.01. The summed E-state index contributed by atoms with van der Waals surface area (Å²) in [6.07, 6.45) is 0. The molecule has 0 saturated heterocycles. The number of hydrogen-bond donors (Lipinski definition) is 3. The molecule has 0 aliphatic rings. The van der Waals surface area contributed by atoms with Crippen molar-refractivity contribution >= 4 is 33.3 Å². The van der Waals surface area contributed by atoms with Gasteiger partial charge in [0.15, 0.2) is 0 Å². The lowest BCUT2D eigenvalue weighted by Gasteiger charge is -2.13. The van der Waals surface area contributed by atoms with Crippen LogP contribution in [0.2, 0.25) is 0 Å². The van der Waals surface area contributed by atoms with Crippen LogP contribution in [-0.2, 0) is 0 Å². The first-order valence-electron chi connectivity index (χ1n) is 5.55. The van der Waals surface area contributed by atoms with Crippen molar-refractivity contribution in [2.75, 3.05) is 10.7 Å². The Hall–Kier alpha value is -1.73. The second-order valence-corrected chi connectivity index (χ2v) is 4.90. The molecular weight excluding hydrogens is 313 g/mol. The molecule has 0 radical (unpaired) electrons. The van der Waals surface area contributed by atoms with Gasteiger partial charge in [0.05, 0.1) is 5.69 Å². The van der Waals surface area contributed by atoms with Crippen LogP contribution in [-0.4, -0.2) is 9.97 Å². The number of anilines is 3. The Bertz CT molecular complexity index is 617. The second-order valence-electron chi connectivity index (χ2n) is 3.99. The van der Waals surface area contributed by atoms with Crippen LogP contribution in [0.3, 0.4) is 0 Å². The zero-order valence-corrected chi connectivity index (χ0v) is 12.0. The highest BCUT2D eigenvalue weighted by Gasteiger charge is 2.10. The fraction of sp³-hybridized carbons (Fsp3) is 0.167. The van der Waals surface area contributed by atoms with E-state index in [0.29, 0.717) is 28.7 Å². The molecule has 2 rings (SSSR count). The molecule has 0 fully saturated rings. The molecule has 0 saturated carbocycles. The molecule has 0 atom stereocenters. The first kappa shape index (κ1) is 13.7. The molecule has 100 valence electrons. The van der Waals surface area contributed by atoms with Crippen LogP contribution in [0.15, 0.2) is 22.7 Å². The lowest BCUT2D eigenvalue weighted by Crippen LogP contribution is -2.13. The third-order valence-corrected chi connectivity index (χ3v) is 3.07. The van der Waals surface area contributed by atoms with Crippen molar-refractivity contribution < 1.29 is 4.39 Å². The normalized spacial score (nSPS) is 10.4. The van der Waals surface area contributed by atoms with Crippen LogP contribution >= 0.6 is 15.9 Å². The molecule has 1 aromatic heterocycles. The van der Waals surface area contributed by atoms with E-state index in [1.807, 2.05) is 0 Å². The summed E-state index contributed by atoms with van der Waals surface area (Å²) in [7, 11) is 0. The van der Waals surface area contributed by atoms with E-state index in [4.69, 9.17) is 5.84 Å². The average Bonchev–Trinajstić information content (AvgIpc) is 2.37. The van der Waals surface area contributed by atoms with Crippen molar-refractivity contribution in [3.05, 3.63) is 39.9 Å². The third kappa shape index (κ3) is 2.99. The Morgan fingerprint density at radius 1 is 1.21 bits per heavy atom. The Kier molecular flexibility index (Phi) is 3.96. The van der Waals surface area contributed by atoms with E-state index in [0.717, 1.165) is 4.47 Å². The maximum Gasteiger partial charge on any atom is 0.148 e. The second kappa shape index (κ2) is 5.50. The number of nitrogen functional groups attached to an aromatic ring is 1. The summed E-state index contributed by atoms with van der Waals surface area (Å²) in [6.45, 7) is 3.54. The molecule has 0 spiro atoms. The van der Waals surface area contributed by atoms with Gasteiger partial charge in [0.1, 0.15) is 23.3 Å². The lowest BCUT2D eigenvalue weighted by atomic mass is 10.2. The summed E-state index contributed by atoms with van der Waals surface area (Å²) in [4.78, 5) is 8.39. The number of nitrogens with two attached hydrogens (primary N) is 1. The Morgan fingerprint density at radius 3 is 2.58 bits per heavy atom. The van der Waals surface area contributed by atoms with E-state index >= 15 is 0 Å². The minimum absolute atomic E-state index is 0.332. The quantitative estimate of drug-likeness (QED) is 0.597. The zero-order chi connectivity index (χ0) is 14.0. The number of aromatic nitrogens is 2. The van der Waals surface area contributed by atoms with Crippen molar-refractivity contribution in [2.45, 2.75) is 13.8 Å². The molecule has 1 aromatic carbocycles. The fourth-order valence-electron chi connectivity index (χ4n) is 1.61.